The molecule has 1 aromatic carbocycles. The van der Waals surface area contributed by atoms with Crippen LogP contribution in [0.15, 0.2) is 12.1 Å². The van der Waals surface area contributed by atoms with Crippen molar-refractivity contribution in [2.24, 2.45) is 0 Å². The molecule has 0 aliphatic rings. The van der Waals surface area contributed by atoms with Gasteiger partial charge in [-0.2, -0.15) is 0 Å². The van der Waals surface area contributed by atoms with Crippen LogP contribution >= 0.6 is 11.6 Å². The molecule has 11 heavy (non-hydrogen) atoms. The van der Waals surface area contributed by atoms with Gasteiger partial charge in [0, 0.05) is 0 Å². The smallest absolute Gasteiger partial charge is 0.138 e. The quantitative estimate of drug-likeness (QED) is 0.662. The number of benzene rings is 1. The van der Waals surface area contributed by atoms with Gasteiger partial charge in [0.2, 0.25) is 0 Å². The highest BCUT2D eigenvalue weighted by atomic mass is 35.5. The van der Waals surface area contributed by atoms with E-state index < -0.39 is 0 Å². The Balaban J connectivity index is 2.93. The molecule has 0 spiro atoms. The van der Waals surface area contributed by atoms with Crippen LogP contribution in [0.3, 0.4) is 0 Å². The molecular formula is C9H10ClO. The molecule has 1 nitrogen and oxygen atoms in total. The Labute approximate surface area is 71.9 Å². The molecule has 59 valence electrons. The SMILES string of the molecule is CCOc1cc(C)[c]cc1Cl. The van der Waals surface area contributed by atoms with E-state index in [-0.39, 0.29) is 0 Å². The molecule has 0 N–H and O–H groups in total. The average molecular weight is 170 g/mol. The first kappa shape index (κ1) is 8.41. The van der Waals surface area contributed by atoms with E-state index in [2.05, 4.69) is 6.07 Å². The summed E-state index contributed by atoms with van der Waals surface area (Å²) >= 11 is 5.82. The number of ether oxygens (including phenoxy) is 1. The van der Waals surface area contributed by atoms with Gasteiger partial charge in [0.05, 0.1) is 11.6 Å². The summed E-state index contributed by atoms with van der Waals surface area (Å²) in [6.45, 7) is 4.53. The van der Waals surface area contributed by atoms with Crippen molar-refractivity contribution in [1.29, 1.82) is 0 Å². The summed E-state index contributed by atoms with van der Waals surface area (Å²) in [6.07, 6.45) is 0. The van der Waals surface area contributed by atoms with Crippen molar-refractivity contribution < 1.29 is 4.74 Å². The summed E-state index contributed by atoms with van der Waals surface area (Å²) in [5.41, 5.74) is 1.04. The lowest BCUT2D eigenvalue weighted by atomic mass is 10.2. The second kappa shape index (κ2) is 3.63. The molecule has 0 heterocycles. The summed E-state index contributed by atoms with van der Waals surface area (Å²) in [7, 11) is 0. The van der Waals surface area contributed by atoms with Crippen LogP contribution in [0.1, 0.15) is 12.5 Å². The Morgan fingerprint density at radius 3 is 3.00 bits per heavy atom. The largest absolute Gasteiger partial charge is 0.492 e. The van der Waals surface area contributed by atoms with Crippen LogP contribution in [-0.2, 0) is 0 Å². The van der Waals surface area contributed by atoms with Crippen molar-refractivity contribution in [3.05, 3.63) is 28.8 Å². The predicted octanol–water partition coefficient (Wildman–Crippen LogP) is 2.85. The topological polar surface area (TPSA) is 9.23 Å². The molecule has 0 saturated carbocycles. The number of halogens is 1. The van der Waals surface area contributed by atoms with Crippen LogP contribution in [0.25, 0.3) is 0 Å². The summed E-state index contributed by atoms with van der Waals surface area (Å²) in [5, 5.41) is 0.623. The van der Waals surface area contributed by atoms with Crippen molar-refractivity contribution >= 4 is 11.6 Å². The highest BCUT2D eigenvalue weighted by Crippen LogP contribution is 2.24. The zero-order valence-electron chi connectivity index (χ0n) is 6.65. The molecule has 0 fully saturated rings. The van der Waals surface area contributed by atoms with Gasteiger partial charge in [-0.05, 0) is 37.6 Å². The van der Waals surface area contributed by atoms with Crippen LogP contribution in [0.2, 0.25) is 5.02 Å². The molecule has 0 amide bonds. The van der Waals surface area contributed by atoms with Crippen molar-refractivity contribution in [1.82, 2.24) is 0 Å². The molecule has 0 aliphatic carbocycles. The van der Waals surface area contributed by atoms with E-state index in [0.29, 0.717) is 11.6 Å². The molecule has 0 aliphatic heterocycles. The molecule has 0 saturated heterocycles. The summed E-state index contributed by atoms with van der Waals surface area (Å²) in [5.74, 6) is 0.741. The zero-order chi connectivity index (χ0) is 8.27. The molecule has 2 heteroatoms. The monoisotopic (exact) mass is 169 g/mol. The van der Waals surface area contributed by atoms with E-state index in [4.69, 9.17) is 16.3 Å². The van der Waals surface area contributed by atoms with Crippen molar-refractivity contribution in [3.63, 3.8) is 0 Å². The van der Waals surface area contributed by atoms with Gasteiger partial charge in [-0.15, -0.1) is 0 Å². The van der Waals surface area contributed by atoms with E-state index in [1.165, 1.54) is 0 Å². The van der Waals surface area contributed by atoms with Gasteiger partial charge in [0.15, 0.2) is 0 Å². The molecule has 0 unspecified atom stereocenters. The molecule has 1 radical (unpaired) electrons. The third-order valence-electron chi connectivity index (χ3n) is 1.31. The number of rotatable bonds is 2. The molecular weight excluding hydrogens is 160 g/mol. The Hall–Kier alpha value is -0.690. The Bertz CT molecular complexity index is 245. The van der Waals surface area contributed by atoms with Crippen LogP contribution in [0.5, 0.6) is 5.75 Å². The zero-order valence-corrected chi connectivity index (χ0v) is 7.40. The van der Waals surface area contributed by atoms with Crippen molar-refractivity contribution in [2.75, 3.05) is 6.61 Å². The van der Waals surface area contributed by atoms with Crippen LogP contribution in [-0.4, -0.2) is 6.61 Å². The van der Waals surface area contributed by atoms with Crippen molar-refractivity contribution in [2.45, 2.75) is 13.8 Å². The molecule has 0 atom stereocenters. The Kier molecular flexibility index (Phi) is 2.77. The maximum Gasteiger partial charge on any atom is 0.138 e. The fourth-order valence-electron chi connectivity index (χ4n) is 0.822. The van der Waals surface area contributed by atoms with Crippen LogP contribution < -0.4 is 4.74 Å². The number of aryl methyl sites for hydroxylation is 1. The fourth-order valence-corrected chi connectivity index (χ4v) is 0.985. The molecule has 0 bridgehead atoms. The first-order valence-electron chi connectivity index (χ1n) is 3.54. The van der Waals surface area contributed by atoms with Gasteiger partial charge in [0.25, 0.3) is 0 Å². The van der Waals surface area contributed by atoms with Gasteiger partial charge in [0.1, 0.15) is 5.75 Å². The average Bonchev–Trinajstić information content (AvgIpc) is 1.98. The van der Waals surface area contributed by atoms with Crippen LogP contribution in [0.4, 0.5) is 0 Å². The van der Waals surface area contributed by atoms with E-state index in [1.807, 2.05) is 19.9 Å². The lowest BCUT2D eigenvalue weighted by Crippen LogP contribution is -1.92. The third kappa shape index (κ3) is 2.12. The maximum absolute atomic E-state index is 5.82. The minimum absolute atomic E-state index is 0.623. The first-order chi connectivity index (χ1) is 5.24. The minimum atomic E-state index is 0.623. The fraction of sp³-hybridized carbons (Fsp3) is 0.333. The number of hydrogen-bond acceptors (Lipinski definition) is 1. The lowest BCUT2D eigenvalue weighted by Gasteiger charge is -2.04. The molecule has 1 aromatic rings. The second-order valence-electron chi connectivity index (χ2n) is 2.26. The summed E-state index contributed by atoms with van der Waals surface area (Å²) in [4.78, 5) is 0. The normalized spacial score (nSPS) is 9.73. The third-order valence-corrected chi connectivity index (χ3v) is 1.60. The Morgan fingerprint density at radius 2 is 2.36 bits per heavy atom. The second-order valence-corrected chi connectivity index (χ2v) is 2.67. The van der Waals surface area contributed by atoms with E-state index >= 15 is 0 Å². The lowest BCUT2D eigenvalue weighted by molar-refractivity contribution is 0.340. The van der Waals surface area contributed by atoms with E-state index in [0.717, 1.165) is 11.3 Å². The predicted molar refractivity (Wildman–Crippen MR) is 46.2 cm³/mol. The molecule has 0 aromatic heterocycles. The first-order valence-corrected chi connectivity index (χ1v) is 3.92. The van der Waals surface area contributed by atoms with Gasteiger partial charge in [-0.3, -0.25) is 0 Å². The van der Waals surface area contributed by atoms with Gasteiger partial charge >= 0.3 is 0 Å². The van der Waals surface area contributed by atoms with E-state index in [1.54, 1.807) is 6.07 Å². The molecule has 1 rings (SSSR count). The number of hydrogen-bond donors (Lipinski definition) is 0. The summed E-state index contributed by atoms with van der Waals surface area (Å²) in [6, 6.07) is 6.59. The van der Waals surface area contributed by atoms with E-state index in [9.17, 15) is 0 Å². The van der Waals surface area contributed by atoms with Gasteiger partial charge < -0.3 is 4.74 Å². The van der Waals surface area contributed by atoms with Crippen molar-refractivity contribution in [3.8, 4) is 5.75 Å². The highest BCUT2D eigenvalue weighted by Gasteiger charge is 1.99. The Morgan fingerprint density at radius 1 is 1.64 bits per heavy atom. The standard InChI is InChI=1S/C9H10ClO/c1-3-11-9-6-7(2)4-5-8(9)10/h5-6H,3H2,1-2H3. The van der Waals surface area contributed by atoms with Gasteiger partial charge in [-0.1, -0.05) is 11.6 Å². The van der Waals surface area contributed by atoms with Gasteiger partial charge in [-0.25, -0.2) is 0 Å². The summed E-state index contributed by atoms with van der Waals surface area (Å²) < 4.78 is 5.27. The maximum atomic E-state index is 5.82. The van der Waals surface area contributed by atoms with Crippen LogP contribution in [0, 0.1) is 13.0 Å². The highest BCUT2D eigenvalue weighted by molar-refractivity contribution is 6.32. The minimum Gasteiger partial charge on any atom is -0.492 e.